The highest BCUT2D eigenvalue weighted by Gasteiger charge is 2.30. The van der Waals surface area contributed by atoms with Crippen LogP contribution in [0.3, 0.4) is 0 Å². The molecular weight excluding hydrogens is 737 g/mol. The summed E-state index contributed by atoms with van der Waals surface area (Å²) in [5.41, 5.74) is 6.95. The molecule has 0 saturated carbocycles. The topological polar surface area (TPSA) is 166 Å². The molecule has 2 N–H and O–H groups in total. The van der Waals surface area contributed by atoms with Crippen LogP contribution in [-0.4, -0.2) is 74.7 Å². The molecule has 0 radical (unpaired) electrons. The smallest absolute Gasteiger partial charge is 0.328 e. The van der Waals surface area contributed by atoms with Gasteiger partial charge in [0, 0.05) is 78.5 Å². The lowest BCUT2D eigenvalue weighted by atomic mass is 9.90. The number of rotatable bonds is 7. The minimum atomic E-state index is -0.470. The Morgan fingerprint density at radius 3 is 2.64 bits per heavy atom. The maximum absolute atomic E-state index is 13.2. The van der Waals surface area contributed by atoms with Gasteiger partial charge in [-0.05, 0) is 61.2 Å². The van der Waals surface area contributed by atoms with E-state index in [1.54, 1.807) is 40.8 Å². The molecule has 14 nitrogen and oxygen atoms in total. The van der Waals surface area contributed by atoms with Crippen molar-refractivity contribution in [2.24, 2.45) is 7.05 Å². The van der Waals surface area contributed by atoms with E-state index in [1.165, 1.54) is 0 Å². The first-order valence-electron chi connectivity index (χ1n) is 19.2. The summed E-state index contributed by atoms with van der Waals surface area (Å²) < 4.78 is 14.7. The number of fused-ring (bicyclic) bond motifs is 3. The molecule has 290 valence electrons. The Balaban J connectivity index is 0.913. The zero-order valence-corrected chi connectivity index (χ0v) is 31.9. The van der Waals surface area contributed by atoms with Gasteiger partial charge in [0.2, 0.25) is 11.8 Å². The first-order chi connectivity index (χ1) is 28.3. The van der Waals surface area contributed by atoms with Gasteiger partial charge in [-0.3, -0.25) is 38.8 Å². The number of pyridine rings is 3. The third-order valence-corrected chi connectivity index (χ3v) is 10.8. The zero-order chi connectivity index (χ0) is 39.9. The lowest BCUT2D eigenvalue weighted by Gasteiger charge is -2.29. The van der Waals surface area contributed by atoms with Gasteiger partial charge in [0.15, 0.2) is 5.82 Å². The van der Waals surface area contributed by atoms with E-state index in [4.69, 9.17) is 19.1 Å². The summed E-state index contributed by atoms with van der Waals surface area (Å²) in [4.78, 5) is 66.8. The molecule has 5 aromatic heterocycles. The molecule has 7 aromatic rings. The zero-order valence-electron chi connectivity index (χ0n) is 31.9. The van der Waals surface area contributed by atoms with Crippen molar-refractivity contribution in [3.8, 4) is 34.4 Å². The van der Waals surface area contributed by atoms with Crippen LogP contribution < -0.4 is 21.2 Å². The number of amides is 3. The number of morpholine rings is 1. The van der Waals surface area contributed by atoms with Crippen LogP contribution in [0, 0.1) is 11.8 Å². The minimum absolute atomic E-state index is 0.0784. The Morgan fingerprint density at radius 1 is 0.983 bits per heavy atom. The molecule has 58 heavy (non-hydrogen) atoms. The van der Waals surface area contributed by atoms with Crippen LogP contribution in [0.5, 0.6) is 0 Å². The first-order valence-corrected chi connectivity index (χ1v) is 19.2. The standard InChI is InChI=1S/C44H38N8O6/c1-3-52-37-22-36(48-41(40(37)50(2)44(52)56)51-16-18-57-19-17-51)29-8-4-7-27-21-35(47-24-32(27)29)28-10-12-34(46-23-28)43(55)45-15-5-6-26-9-13-38-31(20-26)33(25-58-38)30-11-14-39(53)49-42(30)54/h4,7-10,12-13,20-25,30H,3,11,14-19H2,1-2H3,(H,45,55)(H,49,53,54). The molecule has 0 aliphatic carbocycles. The number of furan rings is 1. The number of piperidine rings is 1. The van der Waals surface area contributed by atoms with Gasteiger partial charge in [-0.15, -0.1) is 0 Å². The summed E-state index contributed by atoms with van der Waals surface area (Å²) >= 11 is 0. The number of ether oxygens (including phenoxy) is 1. The van der Waals surface area contributed by atoms with Crippen LogP contribution in [0.2, 0.25) is 0 Å². The van der Waals surface area contributed by atoms with Crippen LogP contribution >= 0.6 is 0 Å². The highest BCUT2D eigenvalue weighted by Crippen LogP contribution is 2.35. The monoisotopic (exact) mass is 774 g/mol. The number of benzene rings is 2. The fourth-order valence-corrected chi connectivity index (χ4v) is 7.84. The van der Waals surface area contributed by atoms with Crippen LogP contribution in [0.1, 0.15) is 47.3 Å². The van der Waals surface area contributed by atoms with Crippen molar-refractivity contribution in [2.75, 3.05) is 37.7 Å². The summed E-state index contributed by atoms with van der Waals surface area (Å²) in [5, 5.41) is 7.83. The molecular formula is C44H38N8O6. The fraction of sp³-hybridized carbons (Fsp3) is 0.250. The summed E-state index contributed by atoms with van der Waals surface area (Å²) in [7, 11) is 1.80. The van der Waals surface area contributed by atoms with Crippen molar-refractivity contribution >= 4 is 56.3 Å². The van der Waals surface area contributed by atoms with Crippen LogP contribution in [-0.2, 0) is 27.9 Å². The number of nitrogens with zero attached hydrogens (tertiary/aromatic N) is 6. The van der Waals surface area contributed by atoms with Crippen molar-refractivity contribution in [1.29, 1.82) is 0 Å². The molecule has 14 heteroatoms. The number of carbonyl (C=O) groups is 3. The second-order valence-corrected chi connectivity index (χ2v) is 14.3. The van der Waals surface area contributed by atoms with E-state index in [0.29, 0.717) is 56.1 Å². The predicted molar refractivity (Wildman–Crippen MR) is 218 cm³/mol. The maximum atomic E-state index is 13.2. The van der Waals surface area contributed by atoms with Gasteiger partial charge in [0.1, 0.15) is 16.8 Å². The largest absolute Gasteiger partial charge is 0.464 e. The summed E-state index contributed by atoms with van der Waals surface area (Å²) in [6.07, 6.45) is 5.71. The highest BCUT2D eigenvalue weighted by molar-refractivity contribution is 6.03. The second kappa shape index (κ2) is 15.1. The molecule has 2 aliphatic heterocycles. The first kappa shape index (κ1) is 36.5. The number of carbonyl (C=O) groups excluding carboxylic acids is 3. The normalized spacial score (nSPS) is 15.8. The summed E-state index contributed by atoms with van der Waals surface area (Å²) in [5.74, 6) is 5.37. The average molecular weight is 775 g/mol. The number of imide groups is 1. The van der Waals surface area contributed by atoms with Gasteiger partial charge in [-0.25, -0.2) is 9.78 Å². The fourth-order valence-electron chi connectivity index (χ4n) is 7.84. The molecule has 2 aromatic carbocycles. The van der Waals surface area contributed by atoms with E-state index in [2.05, 4.69) is 32.4 Å². The van der Waals surface area contributed by atoms with E-state index in [0.717, 1.165) is 55.4 Å². The van der Waals surface area contributed by atoms with Crippen molar-refractivity contribution in [1.82, 2.24) is 34.7 Å². The number of hydrogen-bond acceptors (Lipinski definition) is 10. The van der Waals surface area contributed by atoms with Gasteiger partial charge in [-0.1, -0.05) is 30.0 Å². The van der Waals surface area contributed by atoms with E-state index in [-0.39, 0.29) is 42.1 Å². The predicted octanol–water partition coefficient (Wildman–Crippen LogP) is 4.92. The Kier molecular flexibility index (Phi) is 9.50. The van der Waals surface area contributed by atoms with Crippen molar-refractivity contribution < 1.29 is 23.5 Å². The molecule has 1 atom stereocenters. The van der Waals surface area contributed by atoms with Crippen molar-refractivity contribution in [3.63, 3.8) is 0 Å². The second-order valence-electron chi connectivity index (χ2n) is 14.3. The SMILES string of the molecule is CCn1c(=O)n(C)c2c(N3CCOCC3)nc(-c3cccc4cc(-c5ccc(C(=O)NCC#Cc6ccc7occ(C8CCC(=O)NC8=O)c7c6)nc5)ncc34)cc21. The van der Waals surface area contributed by atoms with Crippen LogP contribution in [0.4, 0.5) is 5.82 Å². The number of aryl methyl sites for hydroxylation is 2. The van der Waals surface area contributed by atoms with Gasteiger partial charge in [-0.2, -0.15) is 0 Å². The third kappa shape index (κ3) is 6.65. The van der Waals surface area contributed by atoms with E-state index < -0.39 is 5.92 Å². The summed E-state index contributed by atoms with van der Waals surface area (Å²) in [6, 6.07) is 18.9. The number of anilines is 1. The Hall–Kier alpha value is -7.11. The number of imidazole rings is 1. The quantitative estimate of drug-likeness (QED) is 0.168. The Bertz CT molecular complexity index is 2910. The molecule has 3 amide bonds. The van der Waals surface area contributed by atoms with Gasteiger partial charge in [0.25, 0.3) is 5.91 Å². The van der Waals surface area contributed by atoms with Crippen molar-refractivity contribution in [2.45, 2.75) is 32.2 Å². The lowest BCUT2D eigenvalue weighted by molar-refractivity contribution is -0.134. The maximum Gasteiger partial charge on any atom is 0.328 e. The lowest BCUT2D eigenvalue weighted by Crippen LogP contribution is -2.39. The minimum Gasteiger partial charge on any atom is -0.464 e. The molecule has 0 bridgehead atoms. The number of nitrogens with one attached hydrogen (secondary N) is 2. The Labute approximate surface area is 331 Å². The van der Waals surface area contributed by atoms with E-state index in [1.807, 2.05) is 61.7 Å². The van der Waals surface area contributed by atoms with E-state index in [9.17, 15) is 19.2 Å². The van der Waals surface area contributed by atoms with Crippen LogP contribution in [0.15, 0.2) is 88.5 Å². The third-order valence-electron chi connectivity index (χ3n) is 10.8. The molecule has 2 saturated heterocycles. The number of aromatic nitrogens is 5. The molecule has 2 aliphatic rings. The van der Waals surface area contributed by atoms with E-state index >= 15 is 0 Å². The van der Waals surface area contributed by atoms with Gasteiger partial charge >= 0.3 is 5.69 Å². The highest BCUT2D eigenvalue weighted by atomic mass is 16.5. The molecule has 9 rings (SSSR count). The number of hydrogen-bond donors (Lipinski definition) is 2. The van der Waals surface area contributed by atoms with Crippen molar-refractivity contribution in [3.05, 3.63) is 107 Å². The molecule has 2 fully saturated rings. The Morgan fingerprint density at radius 2 is 1.84 bits per heavy atom. The van der Waals surface area contributed by atoms with Gasteiger partial charge in [0.05, 0.1) is 48.8 Å². The van der Waals surface area contributed by atoms with Gasteiger partial charge < -0.3 is 19.4 Å². The van der Waals surface area contributed by atoms with Crippen LogP contribution in [0.25, 0.3) is 55.3 Å². The summed E-state index contributed by atoms with van der Waals surface area (Å²) in [6.45, 7) is 5.15. The molecule has 0 spiro atoms. The average Bonchev–Trinajstić information content (AvgIpc) is 3.78. The molecule has 1 unspecified atom stereocenters. The molecule has 7 heterocycles.